The number of aryl methyl sites for hydroxylation is 1. The van der Waals surface area contributed by atoms with Gasteiger partial charge in [-0.15, -0.1) is 0 Å². The van der Waals surface area contributed by atoms with Crippen molar-refractivity contribution < 1.29 is 4.74 Å². The van der Waals surface area contributed by atoms with E-state index in [1.54, 1.807) is 6.33 Å². The molecule has 1 N–H and O–H groups in total. The molecule has 5 rings (SSSR count). The highest BCUT2D eigenvalue weighted by atomic mass is 16.5. The van der Waals surface area contributed by atoms with Crippen molar-refractivity contribution in [2.24, 2.45) is 0 Å². The molecule has 3 aromatic heterocycles. The average Bonchev–Trinajstić information content (AvgIpc) is 3.17. The highest BCUT2D eigenvalue weighted by Crippen LogP contribution is 2.21. The van der Waals surface area contributed by atoms with Crippen molar-refractivity contribution in [3.8, 4) is 11.5 Å². The minimum atomic E-state index is -0.135. The van der Waals surface area contributed by atoms with Gasteiger partial charge >= 0.3 is 0 Å². The van der Waals surface area contributed by atoms with Crippen LogP contribution in [0.2, 0.25) is 0 Å². The maximum Gasteiger partial charge on any atom is 0.259 e. The monoisotopic (exact) mass is 375 g/mol. The van der Waals surface area contributed by atoms with Gasteiger partial charge in [0, 0.05) is 31.3 Å². The van der Waals surface area contributed by atoms with E-state index in [0.29, 0.717) is 16.9 Å². The van der Waals surface area contributed by atoms with E-state index < -0.39 is 0 Å². The Morgan fingerprint density at radius 2 is 2.07 bits per heavy atom. The fraction of sp³-hybridized carbons (Fsp3) is 0.286. The molecule has 28 heavy (non-hydrogen) atoms. The number of nitrogens with one attached hydrogen (secondary N) is 1. The van der Waals surface area contributed by atoms with Gasteiger partial charge in [0.05, 0.1) is 30.4 Å². The van der Waals surface area contributed by atoms with Crippen molar-refractivity contribution in [2.75, 3.05) is 26.3 Å². The van der Waals surface area contributed by atoms with E-state index in [2.05, 4.69) is 20.9 Å². The van der Waals surface area contributed by atoms with Gasteiger partial charge in [0.2, 0.25) is 0 Å². The second-order valence-electron chi connectivity index (χ2n) is 7.23. The Morgan fingerprint density at radius 1 is 1.21 bits per heavy atom. The Kier molecular flexibility index (Phi) is 4.18. The van der Waals surface area contributed by atoms with Crippen molar-refractivity contribution in [2.45, 2.75) is 13.5 Å². The first kappa shape index (κ1) is 17.1. The molecule has 0 radical (unpaired) electrons. The predicted octanol–water partition coefficient (Wildman–Crippen LogP) is 2.38. The van der Waals surface area contributed by atoms with Gasteiger partial charge in [0.25, 0.3) is 5.56 Å². The fourth-order valence-corrected chi connectivity index (χ4v) is 3.79. The molecule has 0 saturated carbocycles. The number of nitrogens with zero attached hydrogens (tertiary/aromatic N) is 4. The Morgan fingerprint density at radius 3 is 2.93 bits per heavy atom. The lowest BCUT2D eigenvalue weighted by molar-refractivity contribution is 0.0342. The van der Waals surface area contributed by atoms with Crippen molar-refractivity contribution in [3.05, 3.63) is 64.3 Å². The lowest BCUT2D eigenvalue weighted by Crippen LogP contribution is -2.35. The van der Waals surface area contributed by atoms with Crippen LogP contribution in [0, 0.1) is 6.92 Å². The van der Waals surface area contributed by atoms with Crippen molar-refractivity contribution in [1.82, 2.24) is 24.3 Å². The molecular formula is C21H21N5O2. The molecule has 1 aliphatic heterocycles. The largest absolute Gasteiger partial charge is 0.379 e. The summed E-state index contributed by atoms with van der Waals surface area (Å²) in [5, 5.41) is 0.621. The molecular weight excluding hydrogens is 354 g/mol. The normalized spacial score (nSPS) is 15.5. The number of benzene rings is 1. The predicted molar refractivity (Wildman–Crippen MR) is 107 cm³/mol. The summed E-state index contributed by atoms with van der Waals surface area (Å²) in [5.74, 6) is 0.491. The number of fused-ring (bicyclic) bond motifs is 2. The minimum absolute atomic E-state index is 0.135. The Hall–Kier alpha value is -3.03. The number of aromatic nitrogens is 4. The molecule has 0 amide bonds. The summed E-state index contributed by atoms with van der Waals surface area (Å²) < 4.78 is 7.34. The van der Waals surface area contributed by atoms with E-state index in [9.17, 15) is 4.79 Å². The smallest absolute Gasteiger partial charge is 0.259 e. The summed E-state index contributed by atoms with van der Waals surface area (Å²) in [7, 11) is 0. The summed E-state index contributed by atoms with van der Waals surface area (Å²) in [6, 6.07) is 9.95. The van der Waals surface area contributed by atoms with Gasteiger partial charge in [-0.1, -0.05) is 6.07 Å². The van der Waals surface area contributed by atoms with Crippen LogP contribution in [0.4, 0.5) is 0 Å². The third-order valence-corrected chi connectivity index (χ3v) is 5.23. The molecule has 142 valence electrons. The first-order valence-corrected chi connectivity index (χ1v) is 9.44. The van der Waals surface area contributed by atoms with Crippen LogP contribution in [-0.2, 0) is 11.3 Å². The molecule has 7 heteroatoms. The van der Waals surface area contributed by atoms with Crippen molar-refractivity contribution in [3.63, 3.8) is 0 Å². The zero-order valence-electron chi connectivity index (χ0n) is 15.7. The topological polar surface area (TPSA) is 75.5 Å². The highest BCUT2D eigenvalue weighted by molar-refractivity contribution is 5.83. The van der Waals surface area contributed by atoms with Crippen molar-refractivity contribution >= 4 is 16.4 Å². The van der Waals surface area contributed by atoms with E-state index in [-0.39, 0.29) is 5.56 Å². The van der Waals surface area contributed by atoms with Gasteiger partial charge in [-0.2, -0.15) is 0 Å². The molecule has 4 heterocycles. The lowest BCUT2D eigenvalue weighted by atomic mass is 10.1. The molecule has 0 unspecified atom stereocenters. The Bertz CT molecular complexity index is 1220. The molecule has 0 bridgehead atoms. The van der Waals surface area contributed by atoms with Crippen LogP contribution in [-0.4, -0.2) is 50.6 Å². The number of morpholine rings is 1. The van der Waals surface area contributed by atoms with Crippen LogP contribution in [0.25, 0.3) is 27.9 Å². The first-order chi connectivity index (χ1) is 13.7. The van der Waals surface area contributed by atoms with Gasteiger partial charge < -0.3 is 14.1 Å². The molecule has 7 nitrogen and oxygen atoms in total. The second kappa shape index (κ2) is 6.85. The lowest BCUT2D eigenvalue weighted by Gasteiger charge is -2.26. The van der Waals surface area contributed by atoms with E-state index in [4.69, 9.17) is 9.72 Å². The molecule has 1 aliphatic rings. The first-order valence-electron chi connectivity index (χ1n) is 9.44. The summed E-state index contributed by atoms with van der Waals surface area (Å²) in [6.45, 7) is 6.17. The maximum atomic E-state index is 12.8. The number of hydrogen-bond acceptors (Lipinski definition) is 5. The summed E-state index contributed by atoms with van der Waals surface area (Å²) in [6.07, 6.45) is 3.66. The summed E-state index contributed by atoms with van der Waals surface area (Å²) in [5.41, 5.74) is 4.37. The third kappa shape index (κ3) is 3.08. The molecule has 0 spiro atoms. The Balaban J connectivity index is 1.55. The zero-order valence-corrected chi connectivity index (χ0v) is 15.7. The number of ether oxygens (including phenoxy) is 1. The molecule has 1 saturated heterocycles. The standard InChI is InChI=1S/C21H21N5O2/c1-14-9-15(12-25-5-7-28-8-6-25)10-17-19(14)23-20(24-21(17)27)18-11-16-3-2-4-26(16)13-22-18/h2-4,9-11,13H,5-8,12H2,1H3,(H,23,24,27). The van der Waals surface area contributed by atoms with Crippen LogP contribution < -0.4 is 5.56 Å². The van der Waals surface area contributed by atoms with Crippen LogP contribution in [0.3, 0.4) is 0 Å². The molecule has 4 aromatic rings. The molecule has 0 atom stereocenters. The van der Waals surface area contributed by atoms with E-state index in [0.717, 1.165) is 55.0 Å². The zero-order chi connectivity index (χ0) is 19.1. The van der Waals surface area contributed by atoms with Crippen LogP contribution >= 0.6 is 0 Å². The van der Waals surface area contributed by atoms with Crippen molar-refractivity contribution in [1.29, 1.82) is 0 Å². The van der Waals surface area contributed by atoms with Crippen LogP contribution in [0.1, 0.15) is 11.1 Å². The number of aromatic amines is 1. The van der Waals surface area contributed by atoms with Gasteiger partial charge in [-0.05, 0) is 42.3 Å². The molecule has 1 aromatic carbocycles. The quantitative estimate of drug-likeness (QED) is 0.595. The number of H-pyrrole nitrogens is 1. The van der Waals surface area contributed by atoms with E-state index in [1.807, 2.05) is 41.8 Å². The van der Waals surface area contributed by atoms with Gasteiger partial charge in [0.1, 0.15) is 5.69 Å². The van der Waals surface area contributed by atoms with E-state index >= 15 is 0 Å². The summed E-state index contributed by atoms with van der Waals surface area (Å²) >= 11 is 0. The molecule has 0 aliphatic carbocycles. The maximum absolute atomic E-state index is 12.8. The number of hydrogen-bond donors (Lipinski definition) is 1. The van der Waals surface area contributed by atoms with E-state index in [1.165, 1.54) is 0 Å². The third-order valence-electron chi connectivity index (χ3n) is 5.23. The SMILES string of the molecule is Cc1cc(CN2CCOCC2)cc2c(=O)[nH]c(-c3cc4cccn4cn3)nc12. The summed E-state index contributed by atoms with van der Waals surface area (Å²) in [4.78, 5) is 27.2. The van der Waals surface area contributed by atoms with Gasteiger partial charge in [-0.3, -0.25) is 9.69 Å². The van der Waals surface area contributed by atoms with Crippen LogP contribution in [0.15, 0.2) is 47.7 Å². The second-order valence-corrected chi connectivity index (χ2v) is 7.23. The van der Waals surface area contributed by atoms with Crippen LogP contribution in [0.5, 0.6) is 0 Å². The Labute approximate surface area is 161 Å². The number of rotatable bonds is 3. The highest BCUT2D eigenvalue weighted by Gasteiger charge is 2.14. The molecule has 1 fully saturated rings. The average molecular weight is 375 g/mol. The fourth-order valence-electron chi connectivity index (χ4n) is 3.79. The van der Waals surface area contributed by atoms with Gasteiger partial charge in [0.15, 0.2) is 5.82 Å². The minimum Gasteiger partial charge on any atom is -0.379 e. The van der Waals surface area contributed by atoms with Gasteiger partial charge in [-0.25, -0.2) is 9.97 Å².